The zero-order chi connectivity index (χ0) is 22.5. The van der Waals surface area contributed by atoms with Crippen LogP contribution in [0.1, 0.15) is 0 Å². The molecule has 0 aliphatic carbocycles. The van der Waals surface area contributed by atoms with Gasteiger partial charge in [0, 0.05) is 24.3 Å². The third-order valence-corrected chi connectivity index (χ3v) is 7.55. The minimum absolute atomic E-state index is 0.0101. The first-order chi connectivity index (χ1) is 14.0. The molecule has 12 heteroatoms. The number of hydrogen-bond donors (Lipinski definition) is 0. The minimum atomic E-state index is -4.89. The molecule has 0 spiro atoms. The van der Waals surface area contributed by atoms with Gasteiger partial charge in [0.2, 0.25) is 0 Å². The Kier molecular flexibility index (Phi) is 5.84. The van der Waals surface area contributed by atoms with E-state index in [1.165, 1.54) is 0 Å². The molecule has 0 saturated heterocycles. The van der Waals surface area contributed by atoms with Gasteiger partial charge in [0.1, 0.15) is 29.1 Å². The quantitative estimate of drug-likeness (QED) is 0.244. The fourth-order valence-corrected chi connectivity index (χ4v) is 6.01. The molecule has 30 heavy (non-hydrogen) atoms. The van der Waals surface area contributed by atoms with Gasteiger partial charge in [-0.1, -0.05) is 0 Å². The summed E-state index contributed by atoms with van der Waals surface area (Å²) in [5.74, 6) is -23.0. The molecule has 0 N–H and O–H groups in total. The zero-order valence-corrected chi connectivity index (χ0v) is 15.2. The summed E-state index contributed by atoms with van der Waals surface area (Å²) < 4.78 is 149. The zero-order valence-electron chi connectivity index (χ0n) is 14.0. The number of benzene rings is 3. The van der Waals surface area contributed by atoms with E-state index in [-0.39, 0.29) is 24.3 Å². The lowest BCUT2D eigenvalue weighted by Gasteiger charge is -2.19. The Morgan fingerprint density at radius 1 is 0.367 bits per heavy atom. The molecule has 0 aromatic heterocycles. The van der Waals surface area contributed by atoms with E-state index >= 15 is 0 Å². The Balaban J connectivity index is 2.52. The van der Waals surface area contributed by atoms with Crippen LogP contribution in [0.4, 0.5) is 48.3 Å². The normalized spacial score (nSPS) is 11.2. The van der Waals surface area contributed by atoms with Gasteiger partial charge in [-0.25, -0.2) is 48.3 Å². The summed E-state index contributed by atoms with van der Waals surface area (Å²) in [6.45, 7) is 0. The van der Waals surface area contributed by atoms with Crippen LogP contribution in [0, 0.1) is 64.0 Å². The molecule has 0 aliphatic rings. The van der Waals surface area contributed by atoms with Crippen molar-refractivity contribution in [3.63, 3.8) is 0 Å². The van der Waals surface area contributed by atoms with Crippen LogP contribution < -0.4 is 13.3 Å². The number of hydrogen-bond acceptors (Lipinski definition) is 0. The second-order valence-electron chi connectivity index (χ2n) is 5.98. The van der Waals surface area contributed by atoms with Crippen LogP contribution in [0.15, 0.2) is 24.3 Å². The average Bonchev–Trinajstić information content (AvgIpc) is 2.63. The lowest BCUT2D eigenvalue weighted by molar-refractivity contribution is 0.438. The van der Waals surface area contributed by atoms with E-state index in [2.05, 4.69) is 0 Å². The van der Waals surface area contributed by atoms with Crippen LogP contribution in [-0.2, 0) is 0 Å². The first kappa shape index (κ1) is 22.1. The van der Waals surface area contributed by atoms with Crippen molar-refractivity contribution in [1.82, 2.24) is 0 Å². The molecule has 3 aromatic carbocycles. The topological polar surface area (TPSA) is 0 Å². The second kappa shape index (κ2) is 7.92. The molecule has 0 aliphatic heterocycles. The highest BCUT2D eigenvalue weighted by molar-refractivity contribution is 6.95. The summed E-state index contributed by atoms with van der Waals surface area (Å²) >= 11 is -4.89. The Labute approximate surface area is 164 Å². The smallest absolute Gasteiger partial charge is 0.208 e. The summed E-state index contributed by atoms with van der Waals surface area (Å²) in [6, 6.07) is -0.543. The van der Waals surface area contributed by atoms with E-state index in [0.717, 1.165) is 0 Å². The Hall–Kier alpha value is -2.58. The lowest BCUT2D eigenvalue weighted by Crippen LogP contribution is -2.59. The van der Waals surface area contributed by atoms with Crippen molar-refractivity contribution in [2.45, 2.75) is 0 Å². The van der Waals surface area contributed by atoms with Crippen molar-refractivity contribution >= 4 is 27.4 Å². The van der Waals surface area contributed by atoms with Crippen LogP contribution in [0.2, 0.25) is 0 Å². The summed E-state index contributed by atoms with van der Waals surface area (Å²) in [5, 5.41) is 0. The van der Waals surface area contributed by atoms with Gasteiger partial charge in [-0.3, -0.25) is 0 Å². The molecule has 3 rings (SSSR count). The van der Waals surface area contributed by atoms with Gasteiger partial charge in [-0.15, -0.1) is 0 Å². The van der Waals surface area contributed by atoms with E-state index in [1.54, 1.807) is 0 Å². The van der Waals surface area contributed by atoms with E-state index in [4.69, 9.17) is 0 Å². The summed E-state index contributed by atoms with van der Waals surface area (Å²) in [7, 11) is 0. The van der Waals surface area contributed by atoms with E-state index in [0.29, 0.717) is 0 Å². The van der Waals surface area contributed by atoms with Gasteiger partial charge in [0.05, 0.1) is 0 Å². The largest absolute Gasteiger partial charge is 0.412 e. The highest BCUT2D eigenvalue weighted by Crippen LogP contribution is 2.18. The Morgan fingerprint density at radius 3 is 1.07 bits per heavy atom. The molecule has 0 fully saturated rings. The first-order valence-electron chi connectivity index (χ1n) is 7.75. The van der Waals surface area contributed by atoms with Gasteiger partial charge in [-0.2, -0.15) is 0 Å². The molecule has 0 atom stereocenters. The standard InChI is InChI=1S/2C6HF4.C6H2F3.Al/c2*7-3-1-4(8)6(10)5(9)2-3;7-4-1-5(8)3-6(9)2-4;/h2*1H;1-2H;. The monoisotopic (exact) mass is 456 g/mol. The number of halogens is 11. The van der Waals surface area contributed by atoms with E-state index < -0.39 is 91.4 Å². The van der Waals surface area contributed by atoms with Crippen molar-refractivity contribution in [2.75, 3.05) is 0 Å². The number of rotatable bonds is 3. The summed E-state index contributed by atoms with van der Waals surface area (Å²) in [6.07, 6.45) is 0. The molecule has 0 unspecified atom stereocenters. The Bertz CT molecular complexity index is 1090. The molecular formula is C18H4AlF11. The van der Waals surface area contributed by atoms with Crippen molar-refractivity contribution in [3.8, 4) is 0 Å². The van der Waals surface area contributed by atoms with Gasteiger partial charge in [0.15, 0.2) is 34.9 Å². The minimum Gasteiger partial charge on any atom is -0.208 e. The molecule has 0 radical (unpaired) electrons. The van der Waals surface area contributed by atoms with Crippen molar-refractivity contribution in [2.24, 2.45) is 0 Å². The predicted molar refractivity (Wildman–Crippen MR) is 83.5 cm³/mol. The van der Waals surface area contributed by atoms with E-state index in [1.807, 2.05) is 0 Å². The van der Waals surface area contributed by atoms with Crippen molar-refractivity contribution < 1.29 is 48.3 Å². The van der Waals surface area contributed by atoms with Crippen LogP contribution in [0.25, 0.3) is 0 Å². The van der Waals surface area contributed by atoms with Crippen LogP contribution >= 0.6 is 0 Å². The third kappa shape index (κ3) is 3.54. The van der Waals surface area contributed by atoms with Crippen molar-refractivity contribution in [1.29, 1.82) is 0 Å². The van der Waals surface area contributed by atoms with Crippen molar-refractivity contribution in [3.05, 3.63) is 88.3 Å². The van der Waals surface area contributed by atoms with Gasteiger partial charge < -0.3 is 0 Å². The average molecular weight is 456 g/mol. The first-order valence-corrected chi connectivity index (χ1v) is 9.49. The highest BCUT2D eigenvalue weighted by atomic mass is 27.2. The fraction of sp³-hybridized carbons (Fsp3) is 0. The fourth-order valence-electron chi connectivity index (χ4n) is 2.95. The highest BCUT2D eigenvalue weighted by Gasteiger charge is 2.42. The lowest BCUT2D eigenvalue weighted by atomic mass is 10.3. The molecule has 0 bridgehead atoms. The molecule has 3 aromatic rings. The third-order valence-electron chi connectivity index (χ3n) is 4.21. The molecule has 156 valence electrons. The Morgan fingerprint density at radius 2 is 0.700 bits per heavy atom. The van der Waals surface area contributed by atoms with Crippen LogP contribution in [0.3, 0.4) is 0 Å². The summed E-state index contributed by atoms with van der Waals surface area (Å²) in [5.41, 5.74) is 0. The maximum Gasteiger partial charge on any atom is 0.412 e. The molecule has 0 saturated carbocycles. The van der Waals surface area contributed by atoms with Gasteiger partial charge in [-0.05, 0) is 13.3 Å². The molecular weight excluding hydrogens is 452 g/mol. The summed E-state index contributed by atoms with van der Waals surface area (Å²) in [4.78, 5) is 0. The van der Waals surface area contributed by atoms with Gasteiger partial charge >= 0.3 is 14.1 Å². The SMILES string of the molecule is Fc1cc(F)[c]([Al]([c]2c(F)cc(F)c(F)c2F)[c]2c(F)cc(F)c(F)c2F)c(F)c1. The van der Waals surface area contributed by atoms with Crippen LogP contribution in [-0.4, -0.2) is 14.1 Å². The van der Waals surface area contributed by atoms with E-state index in [9.17, 15) is 48.3 Å². The van der Waals surface area contributed by atoms with Gasteiger partial charge in [0.25, 0.3) is 0 Å². The molecule has 0 amide bonds. The predicted octanol–water partition coefficient (Wildman–Crippen LogP) is 3.73. The molecule has 0 nitrogen and oxygen atoms in total. The second-order valence-corrected chi connectivity index (χ2v) is 8.58. The maximum absolute atomic E-state index is 14.4. The van der Waals surface area contributed by atoms with Crippen LogP contribution in [0.5, 0.6) is 0 Å². The molecule has 0 heterocycles. The maximum atomic E-state index is 14.4.